The zero-order valence-corrected chi connectivity index (χ0v) is 14.5. The van der Waals surface area contributed by atoms with Gasteiger partial charge in [0.15, 0.2) is 0 Å². The molecule has 118 valence electrons. The van der Waals surface area contributed by atoms with Crippen LogP contribution in [0.2, 0.25) is 0 Å². The maximum absolute atomic E-state index is 4.82. The number of anilines is 1. The lowest BCUT2D eigenvalue weighted by Gasteiger charge is -2.46. The third-order valence-electron chi connectivity index (χ3n) is 5.36. The van der Waals surface area contributed by atoms with Crippen LogP contribution in [-0.2, 0) is 0 Å². The van der Waals surface area contributed by atoms with Gasteiger partial charge in [-0.2, -0.15) is 0 Å². The molecule has 2 atom stereocenters. The summed E-state index contributed by atoms with van der Waals surface area (Å²) in [4.78, 5) is 15.7. The van der Waals surface area contributed by atoms with Gasteiger partial charge in [0.2, 0.25) is 0 Å². The van der Waals surface area contributed by atoms with Gasteiger partial charge in [0.25, 0.3) is 0 Å². The van der Waals surface area contributed by atoms with Crippen molar-refractivity contribution in [1.82, 2.24) is 14.9 Å². The van der Waals surface area contributed by atoms with E-state index < -0.39 is 0 Å². The Labute approximate surface area is 136 Å². The molecule has 5 heteroatoms. The Morgan fingerprint density at radius 2 is 2.05 bits per heavy atom. The Morgan fingerprint density at radius 3 is 2.91 bits per heavy atom. The van der Waals surface area contributed by atoms with Crippen LogP contribution in [0.5, 0.6) is 0 Å². The van der Waals surface area contributed by atoms with E-state index in [1.165, 1.54) is 42.6 Å². The van der Waals surface area contributed by atoms with Crippen molar-refractivity contribution in [2.24, 2.45) is 5.92 Å². The highest BCUT2D eigenvalue weighted by Crippen LogP contribution is 2.36. The van der Waals surface area contributed by atoms with E-state index in [-0.39, 0.29) is 0 Å². The highest BCUT2D eigenvalue weighted by atomic mass is 32.1. The number of aryl methyl sites for hydroxylation is 2. The minimum absolute atomic E-state index is 0.770. The quantitative estimate of drug-likeness (QED) is 0.808. The van der Waals surface area contributed by atoms with Gasteiger partial charge in [0.05, 0.1) is 5.39 Å². The van der Waals surface area contributed by atoms with Crippen LogP contribution in [0.15, 0.2) is 5.38 Å². The molecule has 2 unspecified atom stereocenters. The Kier molecular flexibility index (Phi) is 3.57. The first-order valence-electron chi connectivity index (χ1n) is 8.31. The SMILES string of the molecule is Cc1nc(N2CCC3C(CCCN3C)C2)c2c(C)csc2n1. The highest BCUT2D eigenvalue weighted by Gasteiger charge is 2.35. The predicted molar refractivity (Wildman–Crippen MR) is 92.9 cm³/mol. The van der Waals surface area contributed by atoms with Crippen molar-refractivity contribution in [2.75, 3.05) is 31.6 Å². The van der Waals surface area contributed by atoms with E-state index in [1.807, 2.05) is 6.92 Å². The second kappa shape index (κ2) is 5.46. The largest absolute Gasteiger partial charge is 0.356 e. The Morgan fingerprint density at radius 1 is 1.18 bits per heavy atom. The van der Waals surface area contributed by atoms with Crippen molar-refractivity contribution in [2.45, 2.75) is 39.2 Å². The number of thiophene rings is 1. The van der Waals surface area contributed by atoms with Crippen molar-refractivity contribution in [1.29, 1.82) is 0 Å². The lowest BCUT2D eigenvalue weighted by Crippen LogP contribution is -2.53. The fraction of sp³-hybridized carbons (Fsp3) is 0.647. The van der Waals surface area contributed by atoms with Gasteiger partial charge in [0, 0.05) is 19.1 Å². The molecule has 4 rings (SSSR count). The maximum atomic E-state index is 4.82. The number of hydrogen-bond donors (Lipinski definition) is 0. The van der Waals surface area contributed by atoms with Gasteiger partial charge in [-0.1, -0.05) is 0 Å². The number of aromatic nitrogens is 2. The van der Waals surface area contributed by atoms with Gasteiger partial charge in [-0.15, -0.1) is 11.3 Å². The number of fused-ring (bicyclic) bond motifs is 2. The molecule has 2 aliphatic rings. The fourth-order valence-corrected chi connectivity index (χ4v) is 5.20. The lowest BCUT2D eigenvalue weighted by atomic mass is 9.84. The smallest absolute Gasteiger partial charge is 0.141 e. The summed E-state index contributed by atoms with van der Waals surface area (Å²) < 4.78 is 0. The number of hydrogen-bond acceptors (Lipinski definition) is 5. The van der Waals surface area contributed by atoms with Crippen LogP contribution in [0.25, 0.3) is 10.2 Å². The first-order chi connectivity index (χ1) is 10.6. The molecule has 0 bridgehead atoms. The van der Waals surface area contributed by atoms with Crippen molar-refractivity contribution in [3.05, 3.63) is 16.8 Å². The molecule has 2 saturated heterocycles. The molecule has 0 amide bonds. The molecule has 0 radical (unpaired) electrons. The van der Waals surface area contributed by atoms with Crippen LogP contribution >= 0.6 is 11.3 Å². The second-order valence-corrected chi connectivity index (χ2v) is 7.74. The standard InChI is InChI=1S/C17H24N4S/c1-11-10-22-17-15(11)16(18-12(2)19-17)21-8-6-14-13(9-21)5-4-7-20(14)3/h10,13-14H,4-9H2,1-3H3. The summed E-state index contributed by atoms with van der Waals surface area (Å²) >= 11 is 1.74. The maximum Gasteiger partial charge on any atom is 0.141 e. The van der Waals surface area contributed by atoms with Crippen molar-refractivity contribution >= 4 is 27.4 Å². The minimum Gasteiger partial charge on any atom is -0.356 e. The van der Waals surface area contributed by atoms with Gasteiger partial charge in [-0.05, 0) is 63.6 Å². The first kappa shape index (κ1) is 14.4. The van der Waals surface area contributed by atoms with Crippen LogP contribution in [0.3, 0.4) is 0 Å². The Balaban J connectivity index is 1.69. The molecule has 4 nitrogen and oxygen atoms in total. The average Bonchev–Trinajstić information content (AvgIpc) is 2.87. The summed E-state index contributed by atoms with van der Waals surface area (Å²) in [5, 5.41) is 3.49. The molecule has 0 N–H and O–H groups in total. The van der Waals surface area contributed by atoms with E-state index in [0.717, 1.165) is 35.7 Å². The van der Waals surface area contributed by atoms with E-state index in [2.05, 4.69) is 34.1 Å². The monoisotopic (exact) mass is 316 g/mol. The van der Waals surface area contributed by atoms with E-state index in [9.17, 15) is 0 Å². The molecule has 2 fully saturated rings. The van der Waals surface area contributed by atoms with E-state index in [0.29, 0.717) is 0 Å². The average molecular weight is 316 g/mol. The summed E-state index contributed by atoms with van der Waals surface area (Å²) in [6, 6.07) is 0.770. The predicted octanol–water partition coefficient (Wildman–Crippen LogP) is 3.23. The lowest BCUT2D eigenvalue weighted by molar-refractivity contribution is 0.102. The van der Waals surface area contributed by atoms with Crippen molar-refractivity contribution in [3.63, 3.8) is 0 Å². The molecule has 2 aromatic rings. The number of rotatable bonds is 1. The Bertz CT molecular complexity index is 695. The third kappa shape index (κ3) is 2.31. The van der Waals surface area contributed by atoms with E-state index in [4.69, 9.17) is 4.98 Å². The fourth-order valence-electron chi connectivity index (χ4n) is 4.24. The molecular weight excluding hydrogens is 292 g/mol. The topological polar surface area (TPSA) is 32.3 Å². The highest BCUT2D eigenvalue weighted by molar-refractivity contribution is 7.17. The van der Waals surface area contributed by atoms with Crippen LogP contribution in [0.1, 0.15) is 30.7 Å². The number of piperidine rings is 2. The molecule has 22 heavy (non-hydrogen) atoms. The van der Waals surface area contributed by atoms with Crippen LogP contribution in [0, 0.1) is 19.8 Å². The Hall–Kier alpha value is -1.20. The minimum atomic E-state index is 0.770. The molecule has 0 aromatic carbocycles. The van der Waals surface area contributed by atoms with Crippen LogP contribution in [0.4, 0.5) is 5.82 Å². The zero-order valence-electron chi connectivity index (χ0n) is 13.7. The summed E-state index contributed by atoms with van der Waals surface area (Å²) in [7, 11) is 2.29. The van der Waals surface area contributed by atoms with Gasteiger partial charge < -0.3 is 9.80 Å². The summed E-state index contributed by atoms with van der Waals surface area (Å²) in [6.07, 6.45) is 3.96. The summed E-state index contributed by atoms with van der Waals surface area (Å²) in [5.74, 6) is 2.86. The van der Waals surface area contributed by atoms with E-state index in [1.54, 1.807) is 11.3 Å². The van der Waals surface area contributed by atoms with Crippen LogP contribution in [-0.4, -0.2) is 47.6 Å². The molecule has 0 spiro atoms. The normalized spacial score (nSPS) is 26.4. The number of nitrogens with zero attached hydrogens (tertiary/aromatic N) is 4. The van der Waals surface area contributed by atoms with E-state index >= 15 is 0 Å². The molecule has 2 aliphatic heterocycles. The third-order valence-corrected chi connectivity index (χ3v) is 6.35. The zero-order chi connectivity index (χ0) is 15.3. The molecular formula is C17H24N4S. The molecule has 0 aliphatic carbocycles. The molecule has 2 aromatic heterocycles. The van der Waals surface area contributed by atoms with Crippen molar-refractivity contribution in [3.8, 4) is 0 Å². The second-order valence-electron chi connectivity index (χ2n) is 6.88. The first-order valence-corrected chi connectivity index (χ1v) is 9.19. The molecule has 4 heterocycles. The van der Waals surface area contributed by atoms with Crippen LogP contribution < -0.4 is 4.90 Å². The summed E-state index contributed by atoms with van der Waals surface area (Å²) in [5.41, 5.74) is 1.32. The van der Waals surface area contributed by atoms with Gasteiger partial charge in [0.1, 0.15) is 16.5 Å². The molecule has 0 saturated carbocycles. The number of likely N-dealkylation sites (tertiary alicyclic amines) is 1. The van der Waals surface area contributed by atoms with Gasteiger partial charge in [-0.25, -0.2) is 9.97 Å². The van der Waals surface area contributed by atoms with Crippen molar-refractivity contribution < 1.29 is 0 Å². The van der Waals surface area contributed by atoms with Gasteiger partial charge in [-0.3, -0.25) is 0 Å². The summed E-state index contributed by atoms with van der Waals surface area (Å²) in [6.45, 7) is 7.73. The van der Waals surface area contributed by atoms with Gasteiger partial charge >= 0.3 is 0 Å².